The van der Waals surface area contributed by atoms with Gasteiger partial charge in [-0.1, -0.05) is 13.3 Å². The van der Waals surface area contributed by atoms with E-state index >= 15 is 0 Å². The fourth-order valence-electron chi connectivity index (χ4n) is 1.49. The number of hydrogen-bond acceptors (Lipinski definition) is 4. The van der Waals surface area contributed by atoms with Gasteiger partial charge >= 0.3 is 0 Å². The highest BCUT2D eigenvalue weighted by Crippen LogP contribution is 2.17. The van der Waals surface area contributed by atoms with E-state index in [2.05, 4.69) is 17.2 Å². The van der Waals surface area contributed by atoms with E-state index in [1.54, 1.807) is 11.6 Å². The Bertz CT molecular complexity index is 509. The number of thiazole rings is 1. The van der Waals surface area contributed by atoms with Crippen LogP contribution >= 0.6 is 11.3 Å². The second-order valence-electron chi connectivity index (χ2n) is 4.02. The second kappa shape index (κ2) is 6.89. The van der Waals surface area contributed by atoms with Crippen LogP contribution in [0.25, 0.3) is 0 Å². The van der Waals surface area contributed by atoms with Gasteiger partial charge in [-0.3, -0.25) is 4.79 Å². The highest BCUT2D eigenvalue weighted by Gasteiger charge is 2.08. The lowest BCUT2D eigenvalue weighted by molar-refractivity contribution is 0.102. The zero-order valence-corrected chi connectivity index (χ0v) is 11.6. The van der Waals surface area contributed by atoms with E-state index in [0.29, 0.717) is 5.01 Å². The van der Waals surface area contributed by atoms with Crippen LogP contribution in [0.2, 0.25) is 0 Å². The molecular weight excluding hydrogens is 260 g/mol. The number of benzene rings is 1. The van der Waals surface area contributed by atoms with Crippen LogP contribution in [0.5, 0.6) is 5.75 Å². The fourth-order valence-corrected chi connectivity index (χ4v) is 2.02. The molecule has 1 aromatic heterocycles. The van der Waals surface area contributed by atoms with E-state index < -0.39 is 0 Å². The van der Waals surface area contributed by atoms with Crippen LogP contribution in [0.15, 0.2) is 35.8 Å². The predicted octanol–water partition coefficient (Wildman–Crippen LogP) is 3.57. The molecule has 0 aliphatic carbocycles. The van der Waals surface area contributed by atoms with Crippen molar-refractivity contribution < 1.29 is 9.53 Å². The molecule has 2 rings (SSSR count). The molecule has 2 aromatic rings. The summed E-state index contributed by atoms with van der Waals surface area (Å²) in [6.45, 7) is 2.85. The SMILES string of the molecule is CCCCOc1ccc(NC(=O)c2nccs2)cc1. The molecule has 0 aliphatic rings. The van der Waals surface area contributed by atoms with Crippen LogP contribution in [0.4, 0.5) is 5.69 Å². The topological polar surface area (TPSA) is 51.2 Å². The molecule has 0 bridgehead atoms. The number of ether oxygens (including phenoxy) is 1. The number of nitrogens with zero attached hydrogens (tertiary/aromatic N) is 1. The normalized spacial score (nSPS) is 10.2. The first-order chi connectivity index (χ1) is 9.29. The Kier molecular flexibility index (Phi) is 4.92. The van der Waals surface area contributed by atoms with Crippen molar-refractivity contribution in [3.05, 3.63) is 40.8 Å². The number of hydrogen-bond donors (Lipinski definition) is 1. The Morgan fingerprint density at radius 1 is 1.37 bits per heavy atom. The van der Waals surface area contributed by atoms with Crippen LogP contribution in [0, 0.1) is 0 Å². The van der Waals surface area contributed by atoms with E-state index in [1.165, 1.54) is 11.3 Å². The largest absolute Gasteiger partial charge is 0.494 e. The monoisotopic (exact) mass is 276 g/mol. The van der Waals surface area contributed by atoms with Crippen molar-refractivity contribution in [3.8, 4) is 5.75 Å². The maximum absolute atomic E-state index is 11.8. The lowest BCUT2D eigenvalue weighted by atomic mass is 10.3. The highest BCUT2D eigenvalue weighted by atomic mass is 32.1. The summed E-state index contributed by atoms with van der Waals surface area (Å²) >= 11 is 1.32. The summed E-state index contributed by atoms with van der Waals surface area (Å²) in [6.07, 6.45) is 3.77. The molecule has 1 heterocycles. The van der Waals surface area contributed by atoms with Crippen molar-refractivity contribution in [2.24, 2.45) is 0 Å². The third-order valence-corrected chi connectivity index (χ3v) is 3.28. The number of anilines is 1. The predicted molar refractivity (Wildman–Crippen MR) is 76.9 cm³/mol. The van der Waals surface area contributed by atoms with E-state index in [9.17, 15) is 4.79 Å². The number of carbonyl (C=O) groups is 1. The maximum atomic E-state index is 11.8. The van der Waals surface area contributed by atoms with Gasteiger partial charge in [0.1, 0.15) is 5.75 Å². The molecule has 0 fully saturated rings. The molecular formula is C14H16N2O2S. The average molecular weight is 276 g/mol. The van der Waals surface area contributed by atoms with Gasteiger partial charge in [-0.05, 0) is 30.7 Å². The van der Waals surface area contributed by atoms with Gasteiger partial charge in [0.2, 0.25) is 0 Å². The third kappa shape index (κ3) is 4.06. The minimum Gasteiger partial charge on any atom is -0.494 e. The quantitative estimate of drug-likeness (QED) is 0.820. The molecule has 1 aromatic carbocycles. The van der Waals surface area contributed by atoms with Crippen LogP contribution < -0.4 is 10.1 Å². The Morgan fingerprint density at radius 3 is 2.79 bits per heavy atom. The average Bonchev–Trinajstić information content (AvgIpc) is 2.95. The number of aromatic nitrogens is 1. The Labute approximate surface area is 116 Å². The van der Waals surface area contributed by atoms with E-state index in [0.717, 1.165) is 30.9 Å². The van der Waals surface area contributed by atoms with Crippen molar-refractivity contribution in [1.29, 1.82) is 0 Å². The molecule has 19 heavy (non-hydrogen) atoms. The zero-order chi connectivity index (χ0) is 13.5. The molecule has 0 atom stereocenters. The first-order valence-corrected chi connectivity index (χ1v) is 7.11. The first-order valence-electron chi connectivity index (χ1n) is 6.23. The lowest BCUT2D eigenvalue weighted by Gasteiger charge is -2.07. The summed E-state index contributed by atoms with van der Waals surface area (Å²) in [5.74, 6) is 0.635. The van der Waals surface area contributed by atoms with Crippen molar-refractivity contribution >= 4 is 22.9 Å². The number of rotatable bonds is 6. The Balaban J connectivity index is 1.90. The van der Waals surface area contributed by atoms with Crippen LogP contribution in [0.3, 0.4) is 0 Å². The van der Waals surface area contributed by atoms with Crippen molar-refractivity contribution in [3.63, 3.8) is 0 Å². The molecule has 5 heteroatoms. The molecule has 4 nitrogen and oxygen atoms in total. The molecule has 0 spiro atoms. The van der Waals surface area contributed by atoms with Crippen LogP contribution in [-0.4, -0.2) is 17.5 Å². The molecule has 0 unspecified atom stereocenters. The highest BCUT2D eigenvalue weighted by molar-refractivity contribution is 7.11. The standard InChI is InChI=1S/C14H16N2O2S/c1-2-3-9-18-12-6-4-11(5-7-12)16-13(17)14-15-8-10-19-14/h4-8,10H,2-3,9H2,1H3,(H,16,17). The van der Waals surface area contributed by atoms with E-state index in [-0.39, 0.29) is 5.91 Å². The van der Waals surface area contributed by atoms with Gasteiger partial charge in [0.25, 0.3) is 5.91 Å². The van der Waals surface area contributed by atoms with Crippen molar-refractivity contribution in [2.75, 3.05) is 11.9 Å². The summed E-state index contributed by atoms with van der Waals surface area (Å²) in [5, 5.41) is 5.03. The van der Waals surface area contributed by atoms with Crippen molar-refractivity contribution in [2.45, 2.75) is 19.8 Å². The molecule has 0 radical (unpaired) electrons. The summed E-state index contributed by atoms with van der Waals surface area (Å²) in [4.78, 5) is 15.7. The Morgan fingerprint density at radius 2 is 2.16 bits per heavy atom. The fraction of sp³-hybridized carbons (Fsp3) is 0.286. The van der Waals surface area contributed by atoms with Gasteiger partial charge in [0.05, 0.1) is 6.61 Å². The molecule has 1 N–H and O–H groups in total. The molecule has 0 aliphatic heterocycles. The molecule has 0 saturated carbocycles. The number of carbonyl (C=O) groups excluding carboxylic acids is 1. The smallest absolute Gasteiger partial charge is 0.284 e. The molecule has 1 amide bonds. The van der Waals surface area contributed by atoms with Crippen LogP contribution in [0.1, 0.15) is 29.6 Å². The van der Waals surface area contributed by atoms with E-state index in [4.69, 9.17) is 4.74 Å². The van der Waals surface area contributed by atoms with Crippen LogP contribution in [-0.2, 0) is 0 Å². The van der Waals surface area contributed by atoms with Gasteiger partial charge in [-0.2, -0.15) is 0 Å². The second-order valence-corrected chi connectivity index (χ2v) is 4.91. The number of nitrogens with one attached hydrogen (secondary N) is 1. The zero-order valence-electron chi connectivity index (χ0n) is 10.8. The van der Waals surface area contributed by atoms with Gasteiger partial charge in [0, 0.05) is 17.3 Å². The van der Waals surface area contributed by atoms with Gasteiger partial charge in [-0.15, -0.1) is 11.3 Å². The minimum absolute atomic E-state index is 0.186. The summed E-state index contributed by atoms with van der Waals surface area (Å²) < 4.78 is 5.56. The van der Waals surface area contributed by atoms with Gasteiger partial charge in [-0.25, -0.2) is 4.98 Å². The molecule has 0 saturated heterocycles. The van der Waals surface area contributed by atoms with Gasteiger partial charge in [0.15, 0.2) is 5.01 Å². The summed E-state index contributed by atoms with van der Waals surface area (Å²) in [6, 6.07) is 7.36. The third-order valence-electron chi connectivity index (χ3n) is 2.51. The Hall–Kier alpha value is -1.88. The van der Waals surface area contributed by atoms with Crippen molar-refractivity contribution in [1.82, 2.24) is 4.98 Å². The minimum atomic E-state index is -0.186. The summed E-state index contributed by atoms with van der Waals surface area (Å²) in [7, 11) is 0. The maximum Gasteiger partial charge on any atom is 0.284 e. The van der Waals surface area contributed by atoms with Gasteiger partial charge < -0.3 is 10.1 Å². The number of amides is 1. The first kappa shape index (κ1) is 13.5. The van der Waals surface area contributed by atoms with E-state index in [1.807, 2.05) is 24.3 Å². The lowest BCUT2D eigenvalue weighted by Crippen LogP contribution is -2.11. The number of unbranched alkanes of at least 4 members (excludes halogenated alkanes) is 1. The summed E-state index contributed by atoms with van der Waals surface area (Å²) in [5.41, 5.74) is 0.739. The molecule has 100 valence electrons.